The Kier molecular flexibility index (Phi) is 3.09. The summed E-state index contributed by atoms with van der Waals surface area (Å²) >= 11 is 0. The minimum absolute atomic E-state index is 0.143. The number of nitriles is 1. The Bertz CT molecular complexity index is 236. The van der Waals surface area contributed by atoms with Crippen molar-refractivity contribution in [3.05, 3.63) is 0 Å². The Morgan fingerprint density at radius 2 is 2.38 bits per heavy atom. The van der Waals surface area contributed by atoms with Crippen molar-refractivity contribution < 1.29 is 9.90 Å². The van der Waals surface area contributed by atoms with Gasteiger partial charge in [0.25, 0.3) is 0 Å². The van der Waals surface area contributed by atoms with Gasteiger partial charge in [-0.25, -0.2) is 4.79 Å². The first-order valence-corrected chi connectivity index (χ1v) is 4.24. The van der Waals surface area contributed by atoms with E-state index in [1.807, 2.05) is 11.8 Å². The summed E-state index contributed by atoms with van der Waals surface area (Å²) in [5, 5.41) is 17.2. The van der Waals surface area contributed by atoms with Crippen LogP contribution in [-0.2, 0) is 0 Å². The molecule has 1 fully saturated rings. The quantitative estimate of drug-likeness (QED) is 0.589. The second-order valence-electron chi connectivity index (χ2n) is 3.21. The normalized spacial score (nSPS) is 24.0. The van der Waals surface area contributed by atoms with E-state index in [4.69, 9.17) is 10.4 Å². The van der Waals surface area contributed by atoms with Crippen molar-refractivity contribution in [2.75, 3.05) is 26.2 Å². The van der Waals surface area contributed by atoms with E-state index in [0.29, 0.717) is 26.2 Å². The van der Waals surface area contributed by atoms with Crippen molar-refractivity contribution in [3.63, 3.8) is 0 Å². The van der Waals surface area contributed by atoms with Gasteiger partial charge in [0.2, 0.25) is 0 Å². The summed E-state index contributed by atoms with van der Waals surface area (Å²) in [4.78, 5) is 14.0. The molecule has 0 radical (unpaired) electrons. The van der Waals surface area contributed by atoms with E-state index >= 15 is 0 Å². The van der Waals surface area contributed by atoms with E-state index in [2.05, 4.69) is 6.07 Å². The average Bonchev–Trinajstić information content (AvgIpc) is 2.08. The van der Waals surface area contributed by atoms with Crippen LogP contribution in [0.5, 0.6) is 0 Å². The highest BCUT2D eigenvalue weighted by Gasteiger charge is 2.25. The molecule has 0 bridgehead atoms. The lowest BCUT2D eigenvalue weighted by Gasteiger charge is -2.37. The van der Waals surface area contributed by atoms with Crippen molar-refractivity contribution in [3.8, 4) is 6.07 Å². The summed E-state index contributed by atoms with van der Waals surface area (Å²) in [6.07, 6.45) is -0.872. The lowest BCUT2D eigenvalue weighted by Crippen LogP contribution is -2.53. The molecule has 1 atom stereocenters. The summed E-state index contributed by atoms with van der Waals surface area (Å²) < 4.78 is 0. The molecule has 1 N–H and O–H groups in total. The fourth-order valence-electron chi connectivity index (χ4n) is 1.49. The van der Waals surface area contributed by atoms with Gasteiger partial charge in [0.15, 0.2) is 0 Å². The number of piperazine rings is 1. The van der Waals surface area contributed by atoms with Gasteiger partial charge < -0.3 is 10.0 Å². The number of carbonyl (C=O) groups is 1. The minimum Gasteiger partial charge on any atom is -0.465 e. The number of carboxylic acid groups (broad SMARTS) is 1. The number of hydrogen-bond donors (Lipinski definition) is 1. The molecule has 1 heterocycles. The highest BCUT2D eigenvalue weighted by molar-refractivity contribution is 5.65. The molecule has 1 amide bonds. The molecular formula is C8H13N3O2. The Morgan fingerprint density at radius 1 is 1.69 bits per heavy atom. The lowest BCUT2D eigenvalue weighted by atomic mass is 10.2. The molecule has 0 aromatic heterocycles. The maximum atomic E-state index is 10.6. The molecule has 0 aromatic carbocycles. The molecule has 0 saturated carbocycles. The SMILES string of the molecule is CC1CN(C(=O)O)CCN1CC#N. The van der Waals surface area contributed by atoms with Crippen molar-refractivity contribution in [1.29, 1.82) is 5.26 Å². The Balaban J connectivity index is 2.47. The van der Waals surface area contributed by atoms with Gasteiger partial charge in [-0.3, -0.25) is 4.90 Å². The standard InChI is InChI=1S/C8H13N3O2/c1-7-6-11(8(12)13)5-4-10(7)3-2-9/h7H,3-6H2,1H3,(H,12,13). The Morgan fingerprint density at radius 3 is 2.85 bits per heavy atom. The summed E-state index contributed by atoms with van der Waals surface area (Å²) in [6.45, 7) is 3.97. The predicted molar refractivity (Wildman–Crippen MR) is 46.2 cm³/mol. The largest absolute Gasteiger partial charge is 0.465 e. The first-order valence-electron chi connectivity index (χ1n) is 4.24. The fraction of sp³-hybridized carbons (Fsp3) is 0.750. The van der Waals surface area contributed by atoms with Crippen molar-refractivity contribution >= 4 is 6.09 Å². The van der Waals surface area contributed by atoms with Gasteiger partial charge in [-0.1, -0.05) is 0 Å². The molecule has 0 aliphatic carbocycles. The molecule has 5 nitrogen and oxygen atoms in total. The van der Waals surface area contributed by atoms with Gasteiger partial charge in [0.05, 0.1) is 12.6 Å². The van der Waals surface area contributed by atoms with E-state index in [-0.39, 0.29) is 6.04 Å². The molecule has 1 saturated heterocycles. The van der Waals surface area contributed by atoms with E-state index in [0.717, 1.165) is 0 Å². The molecular weight excluding hydrogens is 170 g/mol. The molecule has 5 heteroatoms. The van der Waals surface area contributed by atoms with Crippen LogP contribution in [-0.4, -0.2) is 53.2 Å². The van der Waals surface area contributed by atoms with E-state index in [9.17, 15) is 4.79 Å². The van der Waals surface area contributed by atoms with Crippen LogP contribution in [0.3, 0.4) is 0 Å². The Hall–Kier alpha value is -1.28. The number of nitrogens with zero attached hydrogens (tertiary/aromatic N) is 3. The number of hydrogen-bond acceptors (Lipinski definition) is 3. The average molecular weight is 183 g/mol. The van der Waals surface area contributed by atoms with Crippen LogP contribution in [0, 0.1) is 11.3 Å². The molecule has 1 rings (SSSR count). The van der Waals surface area contributed by atoms with E-state index in [1.165, 1.54) is 4.90 Å². The highest BCUT2D eigenvalue weighted by atomic mass is 16.4. The Labute approximate surface area is 77.2 Å². The fourth-order valence-corrected chi connectivity index (χ4v) is 1.49. The van der Waals surface area contributed by atoms with Crippen LogP contribution >= 0.6 is 0 Å². The third-order valence-electron chi connectivity index (χ3n) is 2.31. The first kappa shape index (κ1) is 9.81. The van der Waals surface area contributed by atoms with Gasteiger partial charge in [-0.2, -0.15) is 5.26 Å². The summed E-state index contributed by atoms with van der Waals surface area (Å²) in [7, 11) is 0. The second-order valence-corrected chi connectivity index (χ2v) is 3.21. The molecule has 72 valence electrons. The minimum atomic E-state index is -0.872. The predicted octanol–water partition coefficient (Wildman–Crippen LogP) is 0.194. The third kappa shape index (κ3) is 2.33. The van der Waals surface area contributed by atoms with Gasteiger partial charge in [0.1, 0.15) is 0 Å². The zero-order chi connectivity index (χ0) is 9.84. The molecule has 1 aliphatic heterocycles. The van der Waals surface area contributed by atoms with Gasteiger partial charge in [-0.05, 0) is 6.92 Å². The number of rotatable bonds is 1. The molecule has 1 aliphatic rings. The maximum absolute atomic E-state index is 10.6. The summed E-state index contributed by atoms with van der Waals surface area (Å²) in [5.41, 5.74) is 0. The van der Waals surface area contributed by atoms with Gasteiger partial charge >= 0.3 is 6.09 Å². The van der Waals surface area contributed by atoms with Crippen LogP contribution in [0.4, 0.5) is 4.79 Å². The van der Waals surface area contributed by atoms with Crippen LogP contribution in [0.2, 0.25) is 0 Å². The second kappa shape index (κ2) is 4.10. The molecule has 13 heavy (non-hydrogen) atoms. The van der Waals surface area contributed by atoms with Crippen molar-refractivity contribution in [2.24, 2.45) is 0 Å². The monoisotopic (exact) mass is 183 g/mol. The van der Waals surface area contributed by atoms with Crippen molar-refractivity contribution in [1.82, 2.24) is 9.80 Å². The molecule has 0 aromatic rings. The zero-order valence-electron chi connectivity index (χ0n) is 7.60. The smallest absolute Gasteiger partial charge is 0.407 e. The van der Waals surface area contributed by atoms with Crippen LogP contribution in [0.15, 0.2) is 0 Å². The van der Waals surface area contributed by atoms with Crippen LogP contribution in [0.25, 0.3) is 0 Å². The number of amides is 1. The van der Waals surface area contributed by atoms with Crippen LogP contribution in [0.1, 0.15) is 6.92 Å². The lowest BCUT2D eigenvalue weighted by molar-refractivity contribution is 0.0827. The molecule has 1 unspecified atom stereocenters. The summed E-state index contributed by atoms with van der Waals surface area (Å²) in [5.74, 6) is 0. The van der Waals surface area contributed by atoms with Gasteiger partial charge in [-0.15, -0.1) is 0 Å². The third-order valence-corrected chi connectivity index (χ3v) is 2.31. The zero-order valence-corrected chi connectivity index (χ0v) is 7.60. The van der Waals surface area contributed by atoms with E-state index in [1.54, 1.807) is 0 Å². The van der Waals surface area contributed by atoms with Crippen molar-refractivity contribution in [2.45, 2.75) is 13.0 Å². The van der Waals surface area contributed by atoms with Crippen LogP contribution < -0.4 is 0 Å². The summed E-state index contributed by atoms with van der Waals surface area (Å²) in [6, 6.07) is 2.21. The molecule has 0 spiro atoms. The first-order chi connectivity index (χ1) is 6.15. The highest BCUT2D eigenvalue weighted by Crippen LogP contribution is 2.08. The maximum Gasteiger partial charge on any atom is 0.407 e. The topological polar surface area (TPSA) is 67.6 Å². The van der Waals surface area contributed by atoms with E-state index < -0.39 is 6.09 Å². The van der Waals surface area contributed by atoms with Gasteiger partial charge in [0, 0.05) is 25.7 Å².